The fourth-order valence-electron chi connectivity index (χ4n) is 2.14. The Kier molecular flexibility index (Phi) is 4.07. The van der Waals surface area contributed by atoms with Gasteiger partial charge in [0.25, 0.3) is 0 Å². The minimum atomic E-state index is -1.68. The van der Waals surface area contributed by atoms with Crippen molar-refractivity contribution in [3.63, 3.8) is 0 Å². The van der Waals surface area contributed by atoms with E-state index in [2.05, 4.69) is 68.5 Å². The quantitative estimate of drug-likeness (QED) is 0.785. The zero-order chi connectivity index (χ0) is 15.0. The first kappa shape index (κ1) is 15.3. The van der Waals surface area contributed by atoms with Crippen LogP contribution in [0.3, 0.4) is 0 Å². The first-order chi connectivity index (χ1) is 9.19. The Balaban J connectivity index is 2.05. The van der Waals surface area contributed by atoms with Gasteiger partial charge in [-0.2, -0.15) is 0 Å². The summed E-state index contributed by atoms with van der Waals surface area (Å²) >= 11 is 0. The van der Waals surface area contributed by atoms with E-state index in [1.807, 2.05) is 12.4 Å². The van der Waals surface area contributed by atoms with Gasteiger partial charge in [-0.15, -0.1) is 0 Å². The molecule has 0 radical (unpaired) electrons. The number of pyridine rings is 1. The van der Waals surface area contributed by atoms with Gasteiger partial charge < -0.3 is 8.83 Å². The maximum atomic E-state index is 6.41. The Labute approximate surface area is 123 Å². The normalized spacial score (nSPS) is 14.7. The second-order valence-corrected chi connectivity index (χ2v) is 11.9. The highest BCUT2D eigenvalue weighted by atomic mass is 28.4. The van der Waals surface area contributed by atoms with E-state index >= 15 is 0 Å². The van der Waals surface area contributed by atoms with Crippen molar-refractivity contribution in [1.82, 2.24) is 9.38 Å². The third-order valence-corrected chi connectivity index (χ3v) is 8.88. The summed E-state index contributed by atoms with van der Waals surface area (Å²) in [6.45, 7) is 13.6. The number of imidazole rings is 1. The van der Waals surface area contributed by atoms with Gasteiger partial charge in [-0.1, -0.05) is 26.8 Å². The van der Waals surface area contributed by atoms with Gasteiger partial charge in [0, 0.05) is 24.7 Å². The topological polar surface area (TPSA) is 26.5 Å². The van der Waals surface area contributed by atoms with Gasteiger partial charge in [-0.3, -0.25) is 0 Å². The molecule has 0 bridgehead atoms. The van der Waals surface area contributed by atoms with Crippen LogP contribution in [0.15, 0.2) is 30.7 Å². The molecule has 2 aromatic rings. The first-order valence-electron chi connectivity index (χ1n) is 7.28. The average Bonchev–Trinajstić information content (AvgIpc) is 2.73. The molecular formula is C16H26N2OSi. The van der Waals surface area contributed by atoms with Crippen molar-refractivity contribution in [3.05, 3.63) is 36.3 Å². The Morgan fingerprint density at radius 1 is 1.30 bits per heavy atom. The van der Waals surface area contributed by atoms with Crippen LogP contribution in [-0.2, 0) is 10.8 Å². The lowest BCUT2D eigenvalue weighted by molar-refractivity contribution is 0.199. The number of hydrogen-bond donors (Lipinski definition) is 0. The molecule has 0 fully saturated rings. The van der Waals surface area contributed by atoms with E-state index in [4.69, 9.17) is 4.43 Å². The summed E-state index contributed by atoms with van der Waals surface area (Å²) in [7, 11) is -1.68. The molecule has 0 saturated heterocycles. The van der Waals surface area contributed by atoms with Crippen LogP contribution in [0.1, 0.15) is 33.3 Å². The van der Waals surface area contributed by atoms with Crippen LogP contribution in [0.5, 0.6) is 0 Å². The highest BCUT2D eigenvalue weighted by molar-refractivity contribution is 6.74. The van der Waals surface area contributed by atoms with Gasteiger partial charge >= 0.3 is 0 Å². The molecule has 0 spiro atoms. The van der Waals surface area contributed by atoms with E-state index in [0.29, 0.717) is 0 Å². The molecule has 0 amide bonds. The molecule has 2 rings (SSSR count). The molecule has 0 aliphatic rings. The molecule has 0 N–H and O–H groups in total. The predicted molar refractivity (Wildman–Crippen MR) is 86.6 cm³/mol. The smallest absolute Gasteiger partial charge is 0.192 e. The van der Waals surface area contributed by atoms with E-state index in [0.717, 1.165) is 12.1 Å². The van der Waals surface area contributed by atoms with E-state index in [9.17, 15) is 0 Å². The number of fused-ring (bicyclic) bond motifs is 1. The predicted octanol–water partition coefficient (Wildman–Crippen LogP) is 4.29. The summed E-state index contributed by atoms with van der Waals surface area (Å²) in [6, 6.07) is 4.21. The summed E-state index contributed by atoms with van der Waals surface area (Å²) in [6.07, 6.45) is 7.15. The van der Waals surface area contributed by atoms with Gasteiger partial charge in [0.15, 0.2) is 8.32 Å². The SMILES string of the molecule is C[C@H](Cc1ccc2nccn2c1)O[Si](C)(C)C(C)(C)C. The zero-order valence-corrected chi connectivity index (χ0v) is 14.5. The lowest BCUT2D eigenvalue weighted by Crippen LogP contribution is -2.43. The molecule has 20 heavy (non-hydrogen) atoms. The molecule has 0 aliphatic heterocycles. The minimum Gasteiger partial charge on any atom is -0.414 e. The minimum absolute atomic E-state index is 0.247. The summed E-state index contributed by atoms with van der Waals surface area (Å²) in [5, 5.41) is 0.259. The van der Waals surface area contributed by atoms with Crippen LogP contribution in [0.4, 0.5) is 0 Å². The van der Waals surface area contributed by atoms with Gasteiger partial charge in [0.1, 0.15) is 5.65 Å². The van der Waals surface area contributed by atoms with Gasteiger partial charge in [-0.05, 0) is 43.1 Å². The van der Waals surface area contributed by atoms with Crippen LogP contribution in [0.2, 0.25) is 18.1 Å². The van der Waals surface area contributed by atoms with Gasteiger partial charge in [-0.25, -0.2) is 4.98 Å². The van der Waals surface area contributed by atoms with Gasteiger partial charge in [0.2, 0.25) is 0 Å². The van der Waals surface area contributed by atoms with Crippen molar-refractivity contribution in [2.75, 3.05) is 0 Å². The Hall–Kier alpha value is -1.13. The lowest BCUT2D eigenvalue weighted by Gasteiger charge is -2.38. The fraction of sp³-hybridized carbons (Fsp3) is 0.562. The average molecular weight is 290 g/mol. The van der Waals surface area contributed by atoms with E-state index < -0.39 is 8.32 Å². The van der Waals surface area contributed by atoms with Crippen molar-refractivity contribution >= 4 is 14.0 Å². The molecule has 2 heterocycles. The number of hydrogen-bond acceptors (Lipinski definition) is 2. The molecule has 0 unspecified atom stereocenters. The van der Waals surface area contributed by atoms with E-state index in [1.54, 1.807) is 0 Å². The molecule has 3 nitrogen and oxygen atoms in total. The van der Waals surface area contributed by atoms with Crippen LogP contribution < -0.4 is 0 Å². The second-order valence-electron chi connectivity index (χ2n) is 7.12. The first-order valence-corrected chi connectivity index (χ1v) is 10.2. The van der Waals surface area contributed by atoms with Crippen LogP contribution >= 0.6 is 0 Å². The molecule has 0 aliphatic carbocycles. The summed E-state index contributed by atoms with van der Waals surface area (Å²) in [5.74, 6) is 0. The number of rotatable bonds is 4. The molecule has 2 aromatic heterocycles. The zero-order valence-electron chi connectivity index (χ0n) is 13.5. The van der Waals surface area contributed by atoms with Crippen LogP contribution in [0, 0.1) is 0 Å². The van der Waals surface area contributed by atoms with Crippen molar-refractivity contribution in [3.8, 4) is 0 Å². The Bertz CT molecular complexity index is 583. The lowest BCUT2D eigenvalue weighted by atomic mass is 10.1. The van der Waals surface area contributed by atoms with Crippen molar-refractivity contribution in [2.24, 2.45) is 0 Å². The monoisotopic (exact) mass is 290 g/mol. The molecular weight excluding hydrogens is 264 g/mol. The standard InChI is InChI=1S/C16H26N2OSi/c1-13(19-20(5,6)16(2,3)4)11-14-7-8-15-17-9-10-18(15)12-14/h7-10,12-13H,11H2,1-6H3/t13-/m1/s1. The third-order valence-electron chi connectivity index (χ3n) is 4.28. The maximum Gasteiger partial charge on any atom is 0.192 e. The molecule has 4 heteroatoms. The third kappa shape index (κ3) is 3.30. The Morgan fingerprint density at radius 3 is 2.65 bits per heavy atom. The summed E-state index contributed by atoms with van der Waals surface area (Å²) in [5.41, 5.74) is 2.29. The highest BCUT2D eigenvalue weighted by Crippen LogP contribution is 2.37. The number of aromatic nitrogens is 2. The van der Waals surface area contributed by atoms with E-state index in [-0.39, 0.29) is 11.1 Å². The van der Waals surface area contributed by atoms with Gasteiger partial charge in [0.05, 0.1) is 0 Å². The van der Waals surface area contributed by atoms with Crippen molar-refractivity contribution < 1.29 is 4.43 Å². The van der Waals surface area contributed by atoms with Crippen LogP contribution in [-0.4, -0.2) is 23.8 Å². The molecule has 110 valence electrons. The van der Waals surface area contributed by atoms with Crippen molar-refractivity contribution in [2.45, 2.75) is 58.4 Å². The molecule has 1 atom stereocenters. The Morgan fingerprint density at radius 2 is 2.00 bits per heavy atom. The van der Waals surface area contributed by atoms with E-state index in [1.165, 1.54) is 5.56 Å². The van der Waals surface area contributed by atoms with Crippen LogP contribution in [0.25, 0.3) is 5.65 Å². The second kappa shape index (κ2) is 5.33. The summed E-state index contributed by atoms with van der Waals surface area (Å²) in [4.78, 5) is 4.27. The van der Waals surface area contributed by atoms with Crippen molar-refractivity contribution in [1.29, 1.82) is 0 Å². The molecule has 0 aromatic carbocycles. The number of nitrogens with zero attached hydrogens (tertiary/aromatic N) is 2. The largest absolute Gasteiger partial charge is 0.414 e. The maximum absolute atomic E-state index is 6.41. The fourth-order valence-corrected chi connectivity index (χ4v) is 3.58. The summed E-state index contributed by atoms with van der Waals surface area (Å²) < 4.78 is 8.48. The molecule has 0 saturated carbocycles. The highest BCUT2D eigenvalue weighted by Gasteiger charge is 2.38.